The van der Waals surface area contributed by atoms with E-state index in [1.807, 2.05) is 20.8 Å². The molecule has 0 N–H and O–H groups in total. The Labute approximate surface area is 120 Å². The zero-order chi connectivity index (χ0) is 13.3. The maximum Gasteiger partial charge on any atom is 0.152 e. The molecule has 3 heteroatoms. The number of halogens is 1. The van der Waals surface area contributed by atoms with Crippen LogP contribution in [0.15, 0.2) is 29.6 Å². The van der Waals surface area contributed by atoms with Crippen molar-refractivity contribution in [2.45, 2.75) is 32.0 Å². The molecule has 2 rings (SSSR count). The van der Waals surface area contributed by atoms with Gasteiger partial charge in [0.1, 0.15) is 0 Å². The van der Waals surface area contributed by atoms with Gasteiger partial charge in [-0.15, -0.1) is 11.3 Å². The van der Waals surface area contributed by atoms with Gasteiger partial charge in [0.2, 0.25) is 0 Å². The van der Waals surface area contributed by atoms with Crippen molar-refractivity contribution in [2.24, 2.45) is 5.41 Å². The zero-order valence-electron chi connectivity index (χ0n) is 10.9. The number of hydrogen-bond acceptors (Lipinski definition) is 2. The van der Waals surface area contributed by atoms with Gasteiger partial charge in [0.05, 0.1) is 4.83 Å². The van der Waals surface area contributed by atoms with Crippen LogP contribution in [0.5, 0.6) is 0 Å². The second-order valence-corrected chi connectivity index (χ2v) is 7.63. The Kier molecular flexibility index (Phi) is 3.93. The number of carbonyl (C=O) groups is 1. The van der Waals surface area contributed by atoms with Crippen molar-refractivity contribution in [3.63, 3.8) is 0 Å². The lowest BCUT2D eigenvalue weighted by Crippen LogP contribution is -2.29. The molecule has 0 aliphatic heterocycles. The molecule has 1 aromatic heterocycles. The standard InChI is InChI=1S/C15H17BrOS/c1-15(2,3)14(17)12(16)9-10-4-5-13-11(8-10)6-7-18-13/h4-8,12H,9H2,1-3H3. The number of fused-ring (bicyclic) bond motifs is 1. The SMILES string of the molecule is CC(C)(C)C(=O)C(Br)Cc1ccc2sccc2c1. The van der Waals surface area contributed by atoms with Crippen molar-refractivity contribution in [3.05, 3.63) is 35.2 Å². The van der Waals surface area contributed by atoms with Crippen molar-refractivity contribution >= 4 is 43.1 Å². The topological polar surface area (TPSA) is 17.1 Å². The number of benzene rings is 1. The predicted molar refractivity (Wildman–Crippen MR) is 82.7 cm³/mol. The molecule has 0 amide bonds. The molecule has 0 radical (unpaired) electrons. The molecule has 0 saturated heterocycles. The molecule has 2 aromatic rings. The summed E-state index contributed by atoms with van der Waals surface area (Å²) >= 11 is 5.27. The Morgan fingerprint density at radius 3 is 2.72 bits per heavy atom. The third-order valence-electron chi connectivity index (χ3n) is 2.96. The van der Waals surface area contributed by atoms with Gasteiger partial charge in [-0.1, -0.05) is 48.8 Å². The Balaban J connectivity index is 2.15. The highest BCUT2D eigenvalue weighted by Gasteiger charge is 2.27. The van der Waals surface area contributed by atoms with Crippen LogP contribution < -0.4 is 0 Å². The number of carbonyl (C=O) groups excluding carboxylic acids is 1. The number of rotatable bonds is 3. The van der Waals surface area contributed by atoms with E-state index in [0.29, 0.717) is 0 Å². The van der Waals surface area contributed by atoms with Gasteiger partial charge in [-0.25, -0.2) is 0 Å². The maximum absolute atomic E-state index is 12.1. The molecule has 96 valence electrons. The van der Waals surface area contributed by atoms with Gasteiger partial charge in [0, 0.05) is 10.1 Å². The van der Waals surface area contributed by atoms with Gasteiger partial charge in [0.15, 0.2) is 5.78 Å². The first-order valence-corrected chi connectivity index (χ1v) is 7.82. The van der Waals surface area contributed by atoms with Gasteiger partial charge in [0.25, 0.3) is 0 Å². The first kappa shape index (κ1) is 13.8. The molecule has 0 saturated carbocycles. The second-order valence-electron chi connectivity index (χ2n) is 5.58. The minimum atomic E-state index is -0.291. The molecule has 0 spiro atoms. The van der Waals surface area contributed by atoms with E-state index in [9.17, 15) is 4.79 Å². The molecule has 1 heterocycles. The fraction of sp³-hybridized carbons (Fsp3) is 0.400. The average molecular weight is 325 g/mol. The van der Waals surface area contributed by atoms with Crippen LogP contribution in [0.3, 0.4) is 0 Å². The van der Waals surface area contributed by atoms with Crippen LogP contribution in [0.1, 0.15) is 26.3 Å². The fourth-order valence-electron chi connectivity index (χ4n) is 1.91. The highest BCUT2D eigenvalue weighted by Crippen LogP contribution is 2.26. The van der Waals surface area contributed by atoms with E-state index in [-0.39, 0.29) is 16.0 Å². The molecular formula is C15H17BrOS. The number of alkyl halides is 1. The minimum Gasteiger partial charge on any atom is -0.298 e. The molecule has 1 atom stereocenters. The molecule has 1 unspecified atom stereocenters. The molecule has 1 aromatic carbocycles. The molecular weight excluding hydrogens is 308 g/mol. The molecule has 0 fully saturated rings. The van der Waals surface area contributed by atoms with E-state index >= 15 is 0 Å². The van der Waals surface area contributed by atoms with E-state index in [1.165, 1.54) is 15.6 Å². The molecule has 0 bridgehead atoms. The van der Waals surface area contributed by atoms with Gasteiger partial charge in [-0.05, 0) is 34.9 Å². The minimum absolute atomic E-state index is 0.103. The summed E-state index contributed by atoms with van der Waals surface area (Å²) < 4.78 is 1.30. The summed E-state index contributed by atoms with van der Waals surface area (Å²) in [6.45, 7) is 5.89. The molecule has 0 aliphatic rings. The third kappa shape index (κ3) is 3.01. The summed E-state index contributed by atoms with van der Waals surface area (Å²) in [6.07, 6.45) is 0.752. The van der Waals surface area contributed by atoms with E-state index in [0.717, 1.165) is 6.42 Å². The average Bonchev–Trinajstić information content (AvgIpc) is 2.73. The quantitative estimate of drug-likeness (QED) is 0.739. The van der Waals surface area contributed by atoms with Gasteiger partial charge in [-0.3, -0.25) is 4.79 Å². The van der Waals surface area contributed by atoms with Crippen molar-refractivity contribution in [1.82, 2.24) is 0 Å². The van der Waals surface area contributed by atoms with Crippen LogP contribution in [-0.4, -0.2) is 10.6 Å². The first-order chi connectivity index (χ1) is 8.38. The van der Waals surface area contributed by atoms with Crippen molar-refractivity contribution in [1.29, 1.82) is 0 Å². The van der Waals surface area contributed by atoms with E-state index in [2.05, 4.69) is 45.6 Å². The van der Waals surface area contributed by atoms with Crippen molar-refractivity contribution < 1.29 is 4.79 Å². The Hall–Kier alpha value is -0.670. The first-order valence-electron chi connectivity index (χ1n) is 6.02. The molecule has 18 heavy (non-hydrogen) atoms. The van der Waals surface area contributed by atoms with E-state index in [1.54, 1.807) is 11.3 Å². The smallest absolute Gasteiger partial charge is 0.152 e. The van der Waals surface area contributed by atoms with E-state index < -0.39 is 0 Å². The summed E-state index contributed by atoms with van der Waals surface area (Å²) in [5.41, 5.74) is 0.918. The van der Waals surface area contributed by atoms with Crippen molar-refractivity contribution in [2.75, 3.05) is 0 Å². The van der Waals surface area contributed by atoms with Crippen molar-refractivity contribution in [3.8, 4) is 0 Å². The van der Waals surface area contributed by atoms with Crippen LogP contribution in [0.2, 0.25) is 0 Å². The van der Waals surface area contributed by atoms with E-state index in [4.69, 9.17) is 0 Å². The number of hydrogen-bond donors (Lipinski definition) is 0. The summed E-state index contributed by atoms with van der Waals surface area (Å²) in [7, 11) is 0. The lowest BCUT2D eigenvalue weighted by molar-refractivity contribution is -0.125. The van der Waals surface area contributed by atoms with Gasteiger partial charge >= 0.3 is 0 Å². The largest absolute Gasteiger partial charge is 0.298 e. The second kappa shape index (κ2) is 5.14. The van der Waals surface area contributed by atoms with Gasteiger partial charge < -0.3 is 0 Å². The van der Waals surface area contributed by atoms with Crippen LogP contribution in [0.4, 0.5) is 0 Å². The third-order valence-corrected chi connectivity index (χ3v) is 4.59. The highest BCUT2D eigenvalue weighted by molar-refractivity contribution is 9.10. The number of thiophene rings is 1. The number of ketones is 1. The normalized spacial score (nSPS) is 13.8. The summed E-state index contributed by atoms with van der Waals surface area (Å²) in [4.78, 5) is 12.0. The zero-order valence-corrected chi connectivity index (χ0v) is 13.3. The highest BCUT2D eigenvalue weighted by atomic mass is 79.9. The lowest BCUT2D eigenvalue weighted by Gasteiger charge is -2.20. The Bertz CT molecular complexity index is 565. The van der Waals surface area contributed by atoms with Crippen LogP contribution in [0, 0.1) is 5.41 Å². The van der Waals surface area contributed by atoms with Gasteiger partial charge in [-0.2, -0.15) is 0 Å². The molecule has 0 aliphatic carbocycles. The number of Topliss-reactive ketones (excluding diaryl/α,β-unsaturated/α-hetero) is 1. The summed E-state index contributed by atoms with van der Waals surface area (Å²) in [6, 6.07) is 8.55. The monoisotopic (exact) mass is 324 g/mol. The summed E-state index contributed by atoms with van der Waals surface area (Å²) in [5, 5.41) is 3.36. The Morgan fingerprint density at radius 1 is 1.33 bits per heavy atom. The lowest BCUT2D eigenvalue weighted by atomic mass is 9.87. The van der Waals surface area contributed by atoms with Crippen LogP contribution in [0.25, 0.3) is 10.1 Å². The predicted octanol–water partition coefficient (Wildman–Crippen LogP) is 4.82. The maximum atomic E-state index is 12.1. The Morgan fingerprint density at radius 2 is 2.06 bits per heavy atom. The summed E-state index contributed by atoms with van der Waals surface area (Å²) in [5.74, 6) is 0.257. The van der Waals surface area contributed by atoms with Crippen LogP contribution in [-0.2, 0) is 11.2 Å². The molecule has 1 nitrogen and oxygen atoms in total. The fourth-order valence-corrected chi connectivity index (χ4v) is 3.74. The van der Waals surface area contributed by atoms with Crippen LogP contribution >= 0.6 is 27.3 Å².